The van der Waals surface area contributed by atoms with Crippen molar-refractivity contribution in [2.24, 2.45) is 5.73 Å². The van der Waals surface area contributed by atoms with E-state index in [9.17, 15) is 27.6 Å². The smallest absolute Gasteiger partial charge is 0.366 e. The molecule has 174 valence electrons. The average Bonchev–Trinajstić information content (AvgIpc) is 3.18. The molecule has 0 saturated carbocycles. The number of benzene rings is 2. The number of hydrogen-bond donors (Lipinski definition) is 1. The Morgan fingerprint density at radius 2 is 1.66 bits per heavy atom. The highest BCUT2D eigenvalue weighted by Gasteiger charge is 2.33. The number of rotatable bonds is 5. The van der Waals surface area contributed by atoms with Crippen molar-refractivity contribution in [1.82, 2.24) is 4.40 Å². The number of nitrogens with zero attached hydrogens (tertiary/aromatic N) is 2. The number of Topliss-reactive ketones (excluding diaryl/α,β-unsaturated/α-hetero) is 1. The van der Waals surface area contributed by atoms with E-state index in [1.54, 1.807) is 0 Å². The first kappa shape index (κ1) is 23.4. The predicted molar refractivity (Wildman–Crippen MR) is 121 cm³/mol. The fraction of sp³-hybridized carbons (Fsp3) is 0.0769. The highest BCUT2D eigenvalue weighted by Crippen LogP contribution is 2.38. The van der Waals surface area contributed by atoms with Crippen molar-refractivity contribution < 1.29 is 27.6 Å². The fourth-order valence-corrected chi connectivity index (χ4v) is 3.95. The first-order chi connectivity index (χ1) is 16.5. The van der Waals surface area contributed by atoms with Crippen molar-refractivity contribution in [1.29, 1.82) is 5.26 Å². The number of ketones is 2. The van der Waals surface area contributed by atoms with Crippen molar-refractivity contribution in [3.63, 3.8) is 0 Å². The number of aromatic nitrogens is 1. The van der Waals surface area contributed by atoms with E-state index in [1.807, 2.05) is 6.07 Å². The summed E-state index contributed by atoms with van der Waals surface area (Å²) in [6.07, 6.45) is -3.28. The van der Waals surface area contributed by atoms with Crippen LogP contribution in [0, 0.1) is 11.3 Å². The lowest BCUT2D eigenvalue weighted by Gasteiger charge is -2.11. The van der Waals surface area contributed by atoms with E-state index in [2.05, 4.69) is 0 Å². The second kappa shape index (κ2) is 8.57. The monoisotopic (exact) mass is 475 g/mol. The lowest BCUT2D eigenvalue weighted by Crippen LogP contribution is -2.12. The molecule has 0 aliphatic heterocycles. The summed E-state index contributed by atoms with van der Waals surface area (Å²) in [5, 5.41) is 9.04. The molecule has 0 saturated heterocycles. The maximum atomic E-state index is 13.7. The summed E-state index contributed by atoms with van der Waals surface area (Å²) in [5.74, 6) is -1.88. The second-order valence-electron chi connectivity index (χ2n) is 7.79. The minimum Gasteiger partial charge on any atom is -0.366 e. The van der Waals surface area contributed by atoms with E-state index in [-0.39, 0.29) is 39.0 Å². The molecule has 9 heteroatoms. The number of nitriles is 1. The topological polar surface area (TPSA) is 105 Å². The van der Waals surface area contributed by atoms with Crippen LogP contribution < -0.4 is 5.73 Å². The highest BCUT2D eigenvalue weighted by atomic mass is 19.4. The van der Waals surface area contributed by atoms with E-state index in [1.165, 1.54) is 66.1 Å². The Morgan fingerprint density at radius 3 is 2.23 bits per heavy atom. The van der Waals surface area contributed by atoms with Gasteiger partial charge in [0.1, 0.15) is 5.69 Å². The maximum absolute atomic E-state index is 13.7. The van der Waals surface area contributed by atoms with Gasteiger partial charge >= 0.3 is 6.18 Å². The molecule has 0 atom stereocenters. The quantitative estimate of drug-likeness (QED) is 0.409. The molecule has 0 aliphatic carbocycles. The molecule has 0 aliphatic rings. The number of fused-ring (bicyclic) bond motifs is 1. The number of halogens is 3. The molecule has 4 aromatic rings. The standard InChI is InChI=1S/C26H16F3N3O3/c1-14(33)21-20-12-18(25(31)35)9-10-32(20)23(24(34)16-7-5-15(13-30)6-8-16)22(21)17-3-2-4-19(11-17)26(27,28)29/h2-12H,1H3,(H2,31,35). The lowest BCUT2D eigenvalue weighted by molar-refractivity contribution is -0.137. The van der Waals surface area contributed by atoms with E-state index >= 15 is 0 Å². The zero-order valence-corrected chi connectivity index (χ0v) is 18.2. The number of alkyl halides is 3. The first-order valence-corrected chi connectivity index (χ1v) is 10.2. The summed E-state index contributed by atoms with van der Waals surface area (Å²) in [4.78, 5) is 38.2. The van der Waals surface area contributed by atoms with Gasteiger partial charge in [0, 0.05) is 22.9 Å². The Morgan fingerprint density at radius 1 is 0.971 bits per heavy atom. The molecule has 1 amide bonds. The molecule has 6 nitrogen and oxygen atoms in total. The summed E-state index contributed by atoms with van der Waals surface area (Å²) in [5.41, 5.74) is 5.03. The van der Waals surface area contributed by atoms with Crippen LogP contribution >= 0.6 is 0 Å². The van der Waals surface area contributed by atoms with Gasteiger partial charge in [-0.05, 0) is 61.0 Å². The van der Waals surface area contributed by atoms with Crippen LogP contribution in [0.4, 0.5) is 13.2 Å². The van der Waals surface area contributed by atoms with E-state index in [0.717, 1.165) is 12.1 Å². The molecule has 0 spiro atoms. The zero-order chi connectivity index (χ0) is 25.5. The summed E-state index contributed by atoms with van der Waals surface area (Å²) >= 11 is 0. The first-order valence-electron chi connectivity index (χ1n) is 10.2. The zero-order valence-electron chi connectivity index (χ0n) is 18.2. The third kappa shape index (κ3) is 4.17. The molecular formula is C26H16F3N3O3. The number of carbonyl (C=O) groups excluding carboxylic acids is 3. The number of hydrogen-bond acceptors (Lipinski definition) is 4. The molecule has 2 aromatic heterocycles. The van der Waals surface area contributed by atoms with Crippen LogP contribution in [0.5, 0.6) is 0 Å². The Labute approximate surface area is 197 Å². The van der Waals surface area contributed by atoms with Crippen LogP contribution in [0.15, 0.2) is 66.9 Å². The van der Waals surface area contributed by atoms with Crippen LogP contribution in [0.2, 0.25) is 0 Å². The van der Waals surface area contributed by atoms with Gasteiger partial charge in [-0.15, -0.1) is 0 Å². The largest absolute Gasteiger partial charge is 0.416 e. The second-order valence-corrected chi connectivity index (χ2v) is 7.79. The van der Waals surface area contributed by atoms with E-state index in [4.69, 9.17) is 11.0 Å². The van der Waals surface area contributed by atoms with Gasteiger partial charge in [-0.3, -0.25) is 14.4 Å². The van der Waals surface area contributed by atoms with Gasteiger partial charge in [0.15, 0.2) is 5.78 Å². The van der Waals surface area contributed by atoms with Crippen molar-refractivity contribution >= 4 is 23.0 Å². The molecule has 2 heterocycles. The molecule has 2 aromatic carbocycles. The number of amides is 1. The molecule has 0 bridgehead atoms. The summed E-state index contributed by atoms with van der Waals surface area (Å²) in [7, 11) is 0. The van der Waals surface area contributed by atoms with Crippen LogP contribution in [-0.4, -0.2) is 21.9 Å². The van der Waals surface area contributed by atoms with Crippen molar-refractivity contribution in [3.05, 3.63) is 100 Å². The number of pyridine rings is 1. The Bertz CT molecular complexity index is 1560. The number of nitrogens with two attached hydrogens (primary N) is 1. The van der Waals surface area contributed by atoms with Crippen molar-refractivity contribution in [3.8, 4) is 17.2 Å². The van der Waals surface area contributed by atoms with Gasteiger partial charge < -0.3 is 10.1 Å². The van der Waals surface area contributed by atoms with E-state index in [0.29, 0.717) is 5.56 Å². The minimum absolute atomic E-state index is 0.000389. The molecule has 4 rings (SSSR count). The van der Waals surface area contributed by atoms with E-state index < -0.39 is 29.2 Å². The molecule has 2 N–H and O–H groups in total. The predicted octanol–water partition coefficient (Wildman–Crippen LogP) is 5.03. The Hall–Kier alpha value is -4.71. The number of primary amides is 1. The molecule has 0 radical (unpaired) electrons. The molecule has 0 fully saturated rings. The van der Waals surface area contributed by atoms with Gasteiger partial charge in [-0.1, -0.05) is 12.1 Å². The van der Waals surface area contributed by atoms with Crippen molar-refractivity contribution in [2.45, 2.75) is 13.1 Å². The summed E-state index contributed by atoms with van der Waals surface area (Å²) in [6, 6.07) is 14.6. The third-order valence-electron chi connectivity index (χ3n) is 5.55. The SMILES string of the molecule is CC(=O)c1c(-c2cccc(C(F)(F)F)c2)c(C(=O)c2ccc(C#N)cc2)n2ccc(C(N)=O)cc12. The average molecular weight is 475 g/mol. The van der Waals surface area contributed by atoms with Crippen LogP contribution in [0.1, 0.15) is 54.8 Å². The lowest BCUT2D eigenvalue weighted by atomic mass is 9.93. The van der Waals surface area contributed by atoms with Gasteiger partial charge in [0.25, 0.3) is 0 Å². The maximum Gasteiger partial charge on any atom is 0.416 e. The van der Waals surface area contributed by atoms with Gasteiger partial charge in [0.2, 0.25) is 11.7 Å². The van der Waals surface area contributed by atoms with Gasteiger partial charge in [-0.2, -0.15) is 18.4 Å². The Balaban J connectivity index is 2.11. The Kier molecular flexibility index (Phi) is 5.74. The van der Waals surface area contributed by atoms with Crippen LogP contribution in [0.3, 0.4) is 0 Å². The number of carbonyl (C=O) groups is 3. The van der Waals surface area contributed by atoms with Crippen molar-refractivity contribution in [2.75, 3.05) is 0 Å². The third-order valence-corrected chi connectivity index (χ3v) is 5.55. The minimum atomic E-state index is -4.65. The molecule has 35 heavy (non-hydrogen) atoms. The summed E-state index contributed by atoms with van der Waals surface area (Å²) < 4.78 is 41.8. The fourth-order valence-electron chi connectivity index (χ4n) is 3.95. The summed E-state index contributed by atoms with van der Waals surface area (Å²) in [6.45, 7) is 1.22. The van der Waals surface area contributed by atoms with Gasteiger partial charge in [-0.25, -0.2) is 0 Å². The molecular weight excluding hydrogens is 459 g/mol. The van der Waals surface area contributed by atoms with Crippen LogP contribution in [0.25, 0.3) is 16.6 Å². The van der Waals surface area contributed by atoms with Gasteiger partial charge in [0.05, 0.1) is 28.3 Å². The molecule has 0 unspecified atom stereocenters. The normalized spacial score (nSPS) is 11.3. The van der Waals surface area contributed by atoms with Crippen LogP contribution in [-0.2, 0) is 6.18 Å². The highest BCUT2D eigenvalue weighted by molar-refractivity contribution is 6.19.